The topological polar surface area (TPSA) is 37.4 Å². The third-order valence-corrected chi connectivity index (χ3v) is 4.91. The highest BCUT2D eigenvalue weighted by atomic mass is 16.2. The van der Waals surface area contributed by atoms with Gasteiger partial charge in [0.05, 0.1) is 5.56 Å². The Hall–Kier alpha value is -2.68. The molecule has 0 radical (unpaired) electrons. The molecule has 0 saturated heterocycles. The predicted molar refractivity (Wildman–Crippen MR) is 104 cm³/mol. The molecule has 25 heavy (non-hydrogen) atoms. The fourth-order valence-electron chi connectivity index (χ4n) is 3.31. The summed E-state index contributed by atoms with van der Waals surface area (Å²) in [5.41, 5.74) is 5.76. The Morgan fingerprint density at radius 1 is 0.840 bits per heavy atom. The highest BCUT2D eigenvalue weighted by Crippen LogP contribution is 2.31. The Morgan fingerprint density at radius 2 is 1.48 bits per heavy atom. The van der Waals surface area contributed by atoms with E-state index >= 15 is 0 Å². The van der Waals surface area contributed by atoms with Gasteiger partial charge < -0.3 is 4.90 Å². The van der Waals surface area contributed by atoms with Gasteiger partial charge in [-0.1, -0.05) is 42.5 Å². The average Bonchev–Trinajstić information content (AvgIpc) is 2.61. The second kappa shape index (κ2) is 6.67. The molecule has 0 aromatic heterocycles. The molecule has 0 aliphatic heterocycles. The molecule has 0 aliphatic carbocycles. The van der Waals surface area contributed by atoms with E-state index in [1.54, 1.807) is 0 Å². The minimum absolute atomic E-state index is 0.368. The second-order valence-electron chi connectivity index (χ2n) is 6.63. The van der Waals surface area contributed by atoms with Crippen LogP contribution < -0.4 is 15.8 Å². The van der Waals surface area contributed by atoms with Gasteiger partial charge in [-0.25, -0.2) is 0 Å². The van der Waals surface area contributed by atoms with E-state index in [4.69, 9.17) is 0 Å². The lowest BCUT2D eigenvalue weighted by Gasteiger charge is -2.27. The fourth-order valence-corrected chi connectivity index (χ4v) is 3.31. The molecule has 0 heterocycles. The van der Waals surface area contributed by atoms with Crippen molar-refractivity contribution in [3.63, 3.8) is 0 Å². The summed E-state index contributed by atoms with van der Waals surface area (Å²) >= 11 is 0. The minimum Gasteiger partial charge on any atom is -0.364 e. The molecule has 0 saturated carbocycles. The van der Waals surface area contributed by atoms with Crippen molar-refractivity contribution in [2.45, 2.75) is 34.2 Å². The third-order valence-electron chi connectivity index (χ3n) is 4.91. The molecule has 3 nitrogen and oxygen atoms in total. The number of hydrogen-bond donors (Lipinski definition) is 0. The highest BCUT2D eigenvalue weighted by molar-refractivity contribution is 5.84. The van der Waals surface area contributed by atoms with Crippen molar-refractivity contribution in [1.82, 2.24) is 0 Å². The van der Waals surface area contributed by atoms with Crippen LogP contribution in [0.25, 0.3) is 11.1 Å². The van der Waals surface area contributed by atoms with Gasteiger partial charge in [0.2, 0.25) is 10.9 Å². The Bertz CT molecular complexity index is 979. The van der Waals surface area contributed by atoms with E-state index in [9.17, 15) is 9.59 Å². The number of anilines is 1. The first-order valence-electron chi connectivity index (χ1n) is 8.64. The normalized spacial score (nSPS) is 11.0. The Labute approximate surface area is 148 Å². The molecule has 0 spiro atoms. The summed E-state index contributed by atoms with van der Waals surface area (Å²) in [4.78, 5) is 26.7. The fraction of sp³-hybridized carbons (Fsp3) is 0.273. The summed E-state index contributed by atoms with van der Waals surface area (Å²) in [6.45, 7) is 9.40. The molecule has 128 valence electrons. The zero-order valence-electron chi connectivity index (χ0n) is 15.2. The van der Waals surface area contributed by atoms with Gasteiger partial charge in [-0.3, -0.25) is 9.59 Å². The number of hydrogen-bond acceptors (Lipinski definition) is 3. The van der Waals surface area contributed by atoms with Gasteiger partial charge in [0.25, 0.3) is 0 Å². The molecule has 3 heteroatoms. The average molecular weight is 333 g/mol. The number of nitrogens with zero attached hydrogens (tertiary/aromatic N) is 1. The van der Waals surface area contributed by atoms with Crippen molar-refractivity contribution < 1.29 is 0 Å². The van der Waals surface area contributed by atoms with Crippen LogP contribution in [-0.2, 0) is 6.54 Å². The molecule has 0 unspecified atom stereocenters. The zero-order valence-corrected chi connectivity index (χ0v) is 15.2. The van der Waals surface area contributed by atoms with Crippen molar-refractivity contribution >= 4 is 5.69 Å². The van der Waals surface area contributed by atoms with Gasteiger partial charge in [0.1, 0.15) is 5.69 Å². The molecule has 0 fully saturated rings. The summed E-state index contributed by atoms with van der Waals surface area (Å²) in [6.07, 6.45) is 0. The lowest BCUT2D eigenvalue weighted by atomic mass is 9.91. The van der Waals surface area contributed by atoms with Crippen molar-refractivity contribution in [1.29, 1.82) is 0 Å². The maximum absolute atomic E-state index is 12.4. The lowest BCUT2D eigenvalue weighted by Crippen LogP contribution is -2.42. The van der Waals surface area contributed by atoms with E-state index in [1.807, 2.05) is 62.1 Å². The van der Waals surface area contributed by atoms with Crippen LogP contribution in [-0.4, -0.2) is 6.54 Å². The molecule has 0 bridgehead atoms. The molecule has 0 N–H and O–H groups in total. The van der Waals surface area contributed by atoms with E-state index in [1.165, 1.54) is 5.56 Å². The van der Waals surface area contributed by atoms with E-state index in [-0.39, 0.29) is 10.9 Å². The van der Waals surface area contributed by atoms with Crippen molar-refractivity contribution in [3.05, 3.63) is 85.2 Å². The van der Waals surface area contributed by atoms with Crippen LogP contribution in [0.2, 0.25) is 0 Å². The Morgan fingerprint density at radius 3 is 2.12 bits per heavy atom. The van der Waals surface area contributed by atoms with Gasteiger partial charge in [0, 0.05) is 13.1 Å². The lowest BCUT2D eigenvalue weighted by molar-refractivity contribution is 0.823. The molecule has 3 rings (SSSR count). The van der Waals surface area contributed by atoms with Crippen LogP contribution in [0.3, 0.4) is 0 Å². The van der Waals surface area contributed by atoms with Crippen molar-refractivity contribution in [3.8, 4) is 11.1 Å². The second-order valence-corrected chi connectivity index (χ2v) is 6.63. The zero-order chi connectivity index (χ0) is 18.1. The summed E-state index contributed by atoms with van der Waals surface area (Å²) in [5.74, 6) is 0. The molecule has 3 aromatic rings. The number of rotatable bonds is 5. The van der Waals surface area contributed by atoms with E-state index in [0.29, 0.717) is 24.3 Å². The Kier molecular flexibility index (Phi) is 4.58. The van der Waals surface area contributed by atoms with Crippen LogP contribution in [0.15, 0.2) is 52.1 Å². The minimum atomic E-state index is -0.370. The van der Waals surface area contributed by atoms with Crippen molar-refractivity contribution in [2.24, 2.45) is 0 Å². The molecular formula is C22H23NO2. The molecule has 0 aliphatic rings. The summed E-state index contributed by atoms with van der Waals surface area (Å²) in [5, 5.41) is 0. The maximum atomic E-state index is 12.4. The first kappa shape index (κ1) is 17.2. The van der Waals surface area contributed by atoms with Gasteiger partial charge in [-0.15, -0.1) is 0 Å². The molecular weight excluding hydrogens is 310 g/mol. The highest BCUT2D eigenvalue weighted by Gasteiger charge is 2.27. The smallest absolute Gasteiger partial charge is 0.250 e. The van der Waals surface area contributed by atoms with Gasteiger partial charge >= 0.3 is 0 Å². The predicted octanol–water partition coefficient (Wildman–Crippen LogP) is 3.90. The van der Waals surface area contributed by atoms with E-state index in [0.717, 1.165) is 22.3 Å². The third kappa shape index (κ3) is 3.02. The van der Waals surface area contributed by atoms with Gasteiger partial charge in [-0.2, -0.15) is 0 Å². The summed E-state index contributed by atoms with van der Waals surface area (Å²) in [6, 6.07) is 14.1. The van der Waals surface area contributed by atoms with Crippen LogP contribution in [0.4, 0.5) is 5.69 Å². The van der Waals surface area contributed by atoms with Gasteiger partial charge in [0.15, 0.2) is 0 Å². The monoisotopic (exact) mass is 333 g/mol. The van der Waals surface area contributed by atoms with Crippen LogP contribution in [0, 0.1) is 20.8 Å². The van der Waals surface area contributed by atoms with E-state index < -0.39 is 0 Å². The maximum Gasteiger partial charge on any atom is 0.250 e. The SMILES string of the molecule is CCN(Cc1ccccc1)c1c(-c2cc(C)c(C)cc2C)c(=O)c1=O. The standard InChI is InChI=1S/C22H23NO2/c1-5-23(13-17-9-7-6-8-10-17)20-19(21(24)22(20)25)18-12-15(3)14(2)11-16(18)4/h6-12H,5,13H2,1-4H3. The first-order chi connectivity index (χ1) is 11.9. The van der Waals surface area contributed by atoms with Crippen LogP contribution >= 0.6 is 0 Å². The van der Waals surface area contributed by atoms with Crippen LogP contribution in [0.5, 0.6) is 0 Å². The molecule has 0 atom stereocenters. The first-order valence-corrected chi connectivity index (χ1v) is 8.64. The molecule has 0 amide bonds. The number of aryl methyl sites for hydroxylation is 3. The largest absolute Gasteiger partial charge is 0.364 e. The van der Waals surface area contributed by atoms with E-state index in [2.05, 4.69) is 13.0 Å². The van der Waals surface area contributed by atoms with Crippen molar-refractivity contribution in [2.75, 3.05) is 11.4 Å². The van der Waals surface area contributed by atoms with Crippen LogP contribution in [0.1, 0.15) is 29.2 Å². The summed E-state index contributed by atoms with van der Waals surface area (Å²) < 4.78 is 0. The number of benzene rings is 2. The summed E-state index contributed by atoms with van der Waals surface area (Å²) in [7, 11) is 0. The molecule has 3 aromatic carbocycles. The van der Waals surface area contributed by atoms with Gasteiger partial charge in [-0.05, 0) is 55.5 Å². The quantitative estimate of drug-likeness (QED) is 0.665. The Balaban J connectivity index is 2.07.